The zero-order valence-corrected chi connectivity index (χ0v) is 15.5. The molecule has 0 atom stereocenters. The molecule has 0 aliphatic heterocycles. The highest BCUT2D eigenvalue weighted by molar-refractivity contribution is 6.03. The number of hydrogen-bond acceptors (Lipinski definition) is 3. The summed E-state index contributed by atoms with van der Waals surface area (Å²) in [5.41, 5.74) is 5.87. The normalized spacial score (nSPS) is 15.1. The van der Waals surface area contributed by atoms with E-state index in [2.05, 4.69) is 10.4 Å². The average molecular weight is 380 g/mol. The van der Waals surface area contributed by atoms with Crippen LogP contribution in [0.4, 0.5) is 18.9 Å². The third-order valence-electron chi connectivity index (χ3n) is 4.41. The molecule has 1 aromatic heterocycles. The van der Waals surface area contributed by atoms with Crippen LogP contribution < -0.4 is 11.1 Å². The van der Waals surface area contributed by atoms with Crippen LogP contribution in [0.15, 0.2) is 24.3 Å². The number of anilines is 1. The lowest BCUT2D eigenvalue weighted by atomic mass is 10.1. The number of rotatable bonds is 4. The summed E-state index contributed by atoms with van der Waals surface area (Å²) in [5, 5.41) is 6.94. The molecule has 146 valence electrons. The van der Waals surface area contributed by atoms with Gasteiger partial charge in [0.1, 0.15) is 0 Å². The Morgan fingerprint density at radius 1 is 1.22 bits per heavy atom. The molecule has 1 saturated carbocycles. The van der Waals surface area contributed by atoms with Crippen LogP contribution in [-0.2, 0) is 18.3 Å². The summed E-state index contributed by atoms with van der Waals surface area (Å²) in [4.78, 5) is 12.6. The number of nitrogens with one attached hydrogen (secondary N) is 1. The highest BCUT2D eigenvalue weighted by Crippen LogP contribution is 2.41. The van der Waals surface area contributed by atoms with Crippen molar-refractivity contribution in [2.75, 3.05) is 5.32 Å². The molecule has 1 fully saturated rings. The van der Waals surface area contributed by atoms with Gasteiger partial charge in [-0.3, -0.25) is 9.48 Å². The highest BCUT2D eigenvalue weighted by atomic mass is 19.4. The minimum Gasteiger partial charge on any atom is -0.326 e. The van der Waals surface area contributed by atoms with Crippen molar-refractivity contribution in [2.24, 2.45) is 5.73 Å². The number of amides is 1. The second-order valence-corrected chi connectivity index (χ2v) is 7.89. The highest BCUT2D eigenvalue weighted by Gasteiger charge is 2.33. The van der Waals surface area contributed by atoms with E-state index in [1.807, 2.05) is 25.5 Å². The van der Waals surface area contributed by atoms with E-state index in [-0.39, 0.29) is 23.5 Å². The van der Waals surface area contributed by atoms with Crippen LogP contribution >= 0.6 is 0 Å². The first-order valence-electron chi connectivity index (χ1n) is 8.82. The molecule has 0 saturated heterocycles. The summed E-state index contributed by atoms with van der Waals surface area (Å²) in [6, 6.07) is 5.06. The number of halogens is 3. The average Bonchev–Trinajstić information content (AvgIpc) is 3.30. The van der Waals surface area contributed by atoms with Crippen LogP contribution in [0, 0.1) is 0 Å². The van der Waals surface area contributed by atoms with Crippen molar-refractivity contribution in [3.63, 3.8) is 0 Å². The van der Waals surface area contributed by atoms with Crippen molar-refractivity contribution in [2.45, 2.75) is 57.8 Å². The van der Waals surface area contributed by atoms with Gasteiger partial charge in [-0.15, -0.1) is 0 Å². The van der Waals surface area contributed by atoms with E-state index in [0.29, 0.717) is 11.5 Å². The zero-order chi connectivity index (χ0) is 20.0. The molecule has 2 aromatic rings. The lowest BCUT2D eigenvalue weighted by molar-refractivity contribution is -0.137. The SMILES string of the molecule is CC(C)(C)n1nc(C(=O)Nc2cc(CN)cc(C(F)(F)F)c2)cc1C1CC1. The zero-order valence-electron chi connectivity index (χ0n) is 15.5. The number of carbonyl (C=O) groups is 1. The van der Waals surface area contributed by atoms with Crippen LogP contribution in [0.1, 0.15) is 66.8 Å². The van der Waals surface area contributed by atoms with Crippen molar-refractivity contribution < 1.29 is 18.0 Å². The molecule has 1 aromatic carbocycles. The number of aromatic nitrogens is 2. The molecule has 1 amide bonds. The standard InChI is InChI=1S/C19H23F3N4O/c1-18(2,3)26-16(12-4-5-12)9-15(25-26)17(27)24-14-7-11(10-23)6-13(8-14)19(20,21)22/h6-9,12H,4-5,10,23H2,1-3H3,(H,24,27). The number of benzene rings is 1. The fourth-order valence-electron chi connectivity index (χ4n) is 2.95. The van der Waals surface area contributed by atoms with E-state index >= 15 is 0 Å². The fourth-order valence-corrected chi connectivity index (χ4v) is 2.95. The minimum atomic E-state index is -4.52. The maximum absolute atomic E-state index is 13.1. The molecular weight excluding hydrogens is 357 g/mol. The van der Waals surface area contributed by atoms with Gasteiger partial charge in [-0.1, -0.05) is 0 Å². The number of hydrogen-bond donors (Lipinski definition) is 2. The van der Waals surface area contributed by atoms with Crippen LogP contribution in [0.3, 0.4) is 0 Å². The Balaban J connectivity index is 1.90. The molecular formula is C19H23F3N4O. The van der Waals surface area contributed by atoms with Gasteiger partial charge in [0.15, 0.2) is 5.69 Å². The second kappa shape index (κ2) is 6.67. The van der Waals surface area contributed by atoms with Crippen LogP contribution in [0.2, 0.25) is 0 Å². The van der Waals surface area contributed by atoms with E-state index in [0.717, 1.165) is 30.7 Å². The molecule has 0 unspecified atom stereocenters. The first-order chi connectivity index (χ1) is 12.5. The summed E-state index contributed by atoms with van der Waals surface area (Å²) in [6.45, 7) is 5.92. The van der Waals surface area contributed by atoms with Crippen molar-refractivity contribution in [3.8, 4) is 0 Å². The second-order valence-electron chi connectivity index (χ2n) is 7.89. The Morgan fingerprint density at radius 2 is 1.89 bits per heavy atom. The lowest BCUT2D eigenvalue weighted by Crippen LogP contribution is -2.25. The molecule has 0 bridgehead atoms. The molecule has 3 N–H and O–H groups in total. The molecule has 1 aliphatic carbocycles. The quantitative estimate of drug-likeness (QED) is 0.833. The molecule has 3 rings (SSSR count). The lowest BCUT2D eigenvalue weighted by Gasteiger charge is -2.22. The third-order valence-corrected chi connectivity index (χ3v) is 4.41. The molecule has 5 nitrogen and oxygen atoms in total. The van der Waals surface area contributed by atoms with Crippen molar-refractivity contribution in [1.29, 1.82) is 0 Å². The maximum atomic E-state index is 13.1. The first kappa shape index (κ1) is 19.4. The van der Waals surface area contributed by atoms with E-state index in [1.165, 1.54) is 6.07 Å². The van der Waals surface area contributed by atoms with Crippen molar-refractivity contribution in [3.05, 3.63) is 46.8 Å². The van der Waals surface area contributed by atoms with Gasteiger partial charge in [0.25, 0.3) is 5.91 Å². The predicted molar refractivity (Wildman–Crippen MR) is 96.5 cm³/mol. The van der Waals surface area contributed by atoms with Gasteiger partial charge in [-0.25, -0.2) is 0 Å². The number of nitrogens with two attached hydrogens (primary N) is 1. The summed E-state index contributed by atoms with van der Waals surface area (Å²) >= 11 is 0. The van der Waals surface area contributed by atoms with Crippen LogP contribution in [0.25, 0.3) is 0 Å². The van der Waals surface area contributed by atoms with Gasteiger partial charge in [-0.2, -0.15) is 18.3 Å². The smallest absolute Gasteiger partial charge is 0.326 e. The van der Waals surface area contributed by atoms with Gasteiger partial charge in [-0.05, 0) is 63.4 Å². The van der Waals surface area contributed by atoms with Crippen molar-refractivity contribution >= 4 is 11.6 Å². The Kier molecular flexibility index (Phi) is 4.80. The first-order valence-corrected chi connectivity index (χ1v) is 8.82. The predicted octanol–water partition coefficient (Wildman–Crippen LogP) is 4.25. The van der Waals surface area contributed by atoms with Crippen LogP contribution in [-0.4, -0.2) is 15.7 Å². The third kappa shape index (κ3) is 4.32. The Morgan fingerprint density at radius 3 is 2.41 bits per heavy atom. The van der Waals surface area contributed by atoms with E-state index in [1.54, 1.807) is 6.07 Å². The Bertz CT molecular complexity index is 861. The monoisotopic (exact) mass is 380 g/mol. The number of nitrogens with zero attached hydrogens (tertiary/aromatic N) is 2. The minimum absolute atomic E-state index is 0.0496. The summed E-state index contributed by atoms with van der Waals surface area (Å²) in [7, 11) is 0. The van der Waals surface area contributed by atoms with Gasteiger partial charge >= 0.3 is 6.18 Å². The van der Waals surface area contributed by atoms with E-state index < -0.39 is 17.6 Å². The summed E-state index contributed by atoms with van der Waals surface area (Å²) < 4.78 is 41.0. The van der Waals surface area contributed by atoms with Gasteiger partial charge in [0.05, 0.1) is 11.1 Å². The summed E-state index contributed by atoms with van der Waals surface area (Å²) in [6.07, 6.45) is -2.41. The molecule has 8 heteroatoms. The molecule has 0 radical (unpaired) electrons. The van der Waals surface area contributed by atoms with Gasteiger partial charge in [0.2, 0.25) is 0 Å². The van der Waals surface area contributed by atoms with E-state index in [4.69, 9.17) is 5.73 Å². The number of alkyl halides is 3. The van der Waals surface area contributed by atoms with Crippen molar-refractivity contribution in [1.82, 2.24) is 9.78 Å². The van der Waals surface area contributed by atoms with Gasteiger partial charge < -0.3 is 11.1 Å². The summed E-state index contributed by atoms with van der Waals surface area (Å²) in [5.74, 6) is -0.155. The molecule has 0 spiro atoms. The van der Waals surface area contributed by atoms with E-state index in [9.17, 15) is 18.0 Å². The Hall–Kier alpha value is -2.35. The Labute approximate surface area is 155 Å². The largest absolute Gasteiger partial charge is 0.416 e. The number of carbonyl (C=O) groups excluding carboxylic acids is 1. The molecule has 1 heterocycles. The topological polar surface area (TPSA) is 72.9 Å². The fraction of sp³-hybridized carbons (Fsp3) is 0.474. The molecule has 27 heavy (non-hydrogen) atoms. The van der Waals surface area contributed by atoms with Gasteiger partial charge in [0, 0.05) is 23.8 Å². The maximum Gasteiger partial charge on any atom is 0.416 e. The molecule has 1 aliphatic rings. The van der Waals surface area contributed by atoms with Crippen LogP contribution in [0.5, 0.6) is 0 Å².